The molecule has 3 aromatic carbocycles. The number of imidazole rings is 1. The highest BCUT2D eigenvalue weighted by Gasteiger charge is 2.51. The number of benzene rings is 3. The average molecular weight is 940 g/mol. The highest BCUT2D eigenvalue weighted by molar-refractivity contribution is 6.74. The smallest absolute Gasteiger partial charge is 0.303 e. The topological polar surface area (TPSA) is 171 Å². The Balaban J connectivity index is 1.39. The fraction of sp³-hybridized carbons (Fsp3) is 0.510. The lowest BCUT2D eigenvalue weighted by atomic mass is 9.77. The van der Waals surface area contributed by atoms with E-state index in [1.165, 1.54) is 20.8 Å². The molecule has 354 valence electrons. The van der Waals surface area contributed by atoms with Crippen molar-refractivity contribution in [1.29, 1.82) is 0 Å². The normalized spacial score (nSPS) is 22.5. The van der Waals surface area contributed by atoms with E-state index in [-0.39, 0.29) is 40.7 Å². The zero-order valence-electron chi connectivity index (χ0n) is 40.5. The predicted molar refractivity (Wildman–Crippen MR) is 258 cm³/mol. The number of nitrogens with zero attached hydrogens (tertiary/aromatic N) is 4. The van der Waals surface area contributed by atoms with Crippen LogP contribution < -0.4 is 10.1 Å². The maximum absolute atomic E-state index is 13.1. The molecule has 0 bridgehead atoms. The first kappa shape index (κ1) is 48.7. The lowest BCUT2D eigenvalue weighted by Crippen LogP contribution is -2.50. The van der Waals surface area contributed by atoms with Crippen LogP contribution in [0.2, 0.25) is 36.3 Å². The molecule has 0 spiro atoms. The molecule has 0 amide bonds. The van der Waals surface area contributed by atoms with E-state index in [0.29, 0.717) is 35.3 Å². The van der Waals surface area contributed by atoms with Crippen molar-refractivity contribution in [3.63, 3.8) is 0 Å². The third-order valence-corrected chi connectivity index (χ3v) is 22.6. The summed E-state index contributed by atoms with van der Waals surface area (Å²) in [6.07, 6.45) is -1.07. The van der Waals surface area contributed by atoms with Gasteiger partial charge in [-0.25, -0.2) is 4.98 Å². The number of hydrogen-bond donors (Lipinski definition) is 1. The summed E-state index contributed by atoms with van der Waals surface area (Å²) in [5, 5.41) is 6.99. The van der Waals surface area contributed by atoms with Gasteiger partial charge in [-0.05, 0) is 63.4 Å². The molecule has 1 aliphatic carbocycles. The molecule has 5 aromatic rings. The first-order valence-electron chi connectivity index (χ1n) is 22.6. The molecule has 0 radical (unpaired) electrons. The number of esters is 3. The molecular weight excluding hydrogens is 875 g/mol. The van der Waals surface area contributed by atoms with E-state index < -0.39 is 65.1 Å². The zero-order chi connectivity index (χ0) is 48.1. The summed E-state index contributed by atoms with van der Waals surface area (Å²) in [6.45, 7) is 30.4. The van der Waals surface area contributed by atoms with E-state index in [0.717, 1.165) is 21.5 Å². The number of hydrogen-bond acceptors (Lipinski definition) is 14. The van der Waals surface area contributed by atoms with E-state index in [2.05, 4.69) is 79.6 Å². The van der Waals surface area contributed by atoms with Gasteiger partial charge in [-0.1, -0.05) is 103 Å². The van der Waals surface area contributed by atoms with E-state index in [1.54, 1.807) is 12.4 Å². The van der Waals surface area contributed by atoms with Gasteiger partial charge < -0.3 is 37.9 Å². The van der Waals surface area contributed by atoms with Gasteiger partial charge in [0.15, 0.2) is 46.1 Å². The number of nitrogens with one attached hydrogen (secondary N) is 1. The molecule has 66 heavy (non-hydrogen) atoms. The Morgan fingerprint density at radius 3 is 2.14 bits per heavy atom. The Bertz CT molecular complexity index is 2650. The van der Waals surface area contributed by atoms with Gasteiger partial charge in [0.05, 0.1) is 25.1 Å². The predicted octanol–water partition coefficient (Wildman–Crippen LogP) is 10.0. The van der Waals surface area contributed by atoms with Crippen LogP contribution in [0.1, 0.15) is 98.2 Å². The second-order valence-corrected chi connectivity index (χ2v) is 29.9. The van der Waals surface area contributed by atoms with Crippen molar-refractivity contribution in [3.8, 4) is 5.88 Å². The number of rotatable bonds is 14. The van der Waals surface area contributed by atoms with Crippen molar-refractivity contribution >= 4 is 73.2 Å². The molecule has 2 aromatic heterocycles. The zero-order valence-corrected chi connectivity index (χ0v) is 42.5. The van der Waals surface area contributed by atoms with Crippen LogP contribution in [0.15, 0.2) is 67.5 Å². The van der Waals surface area contributed by atoms with E-state index in [9.17, 15) is 14.4 Å². The molecule has 2 aliphatic rings. The number of ether oxygens (including phenoxy) is 5. The average Bonchev–Trinajstić information content (AvgIpc) is 3.83. The number of carbonyl (C=O) groups is 3. The SMILES string of the molecule is C=CCOc1nc(N[C@H]2c3c(ccc4ccc5ccccc5c34)[C@H](OC(C)=O)[C@@H](OC(C)=O)[C@H]2OC(C)=O)nc2c1ncn2[C@H]1C[C@H](O[Si](C)(C)C(C)(C)C)[C@@H](CO[Si](C)(C)C(C)(C)C)O1. The minimum Gasteiger partial charge on any atom is -0.472 e. The molecular formula is C49H65N5O10Si2. The Hall–Kier alpha value is -5.21. The number of aromatic nitrogens is 4. The molecule has 15 nitrogen and oxygen atoms in total. The minimum atomic E-state index is -2.27. The summed E-state index contributed by atoms with van der Waals surface area (Å²) in [5.74, 6) is -1.66. The van der Waals surface area contributed by atoms with Crippen LogP contribution in [0.25, 0.3) is 32.7 Å². The molecule has 1 saturated heterocycles. The fourth-order valence-electron chi connectivity index (χ4n) is 8.29. The fourth-order valence-corrected chi connectivity index (χ4v) is 10.7. The Labute approximate surface area is 389 Å². The van der Waals surface area contributed by atoms with Crippen LogP contribution in [0.5, 0.6) is 5.88 Å². The van der Waals surface area contributed by atoms with E-state index >= 15 is 0 Å². The third kappa shape index (κ3) is 9.77. The summed E-state index contributed by atoms with van der Waals surface area (Å²) in [6, 6.07) is 14.7. The summed E-state index contributed by atoms with van der Waals surface area (Å²) < 4.78 is 46.9. The van der Waals surface area contributed by atoms with Gasteiger partial charge >= 0.3 is 17.9 Å². The van der Waals surface area contributed by atoms with Gasteiger partial charge in [0, 0.05) is 32.8 Å². The Morgan fingerprint density at radius 1 is 0.848 bits per heavy atom. The second kappa shape index (κ2) is 18.5. The molecule has 0 saturated carbocycles. The van der Waals surface area contributed by atoms with Crippen LogP contribution in [0.3, 0.4) is 0 Å². The van der Waals surface area contributed by atoms with E-state index in [1.807, 2.05) is 53.1 Å². The first-order chi connectivity index (χ1) is 30.9. The summed E-state index contributed by atoms with van der Waals surface area (Å²) in [5.41, 5.74) is 1.99. The molecule has 1 N–H and O–H groups in total. The Kier molecular flexibility index (Phi) is 13.6. The highest BCUT2D eigenvalue weighted by atomic mass is 28.4. The largest absolute Gasteiger partial charge is 0.472 e. The molecule has 3 heterocycles. The van der Waals surface area contributed by atoms with Crippen molar-refractivity contribution in [2.24, 2.45) is 0 Å². The molecule has 17 heteroatoms. The molecule has 1 fully saturated rings. The van der Waals surface area contributed by atoms with Crippen LogP contribution in [0.4, 0.5) is 5.95 Å². The minimum absolute atomic E-state index is 0.00419. The number of carbonyl (C=O) groups excluding carboxylic acids is 3. The lowest BCUT2D eigenvalue weighted by Gasteiger charge is -2.42. The number of anilines is 1. The van der Waals surface area contributed by atoms with Crippen molar-refractivity contribution < 1.29 is 46.9 Å². The van der Waals surface area contributed by atoms with Gasteiger partial charge in [0.1, 0.15) is 18.9 Å². The van der Waals surface area contributed by atoms with Crippen molar-refractivity contribution in [3.05, 3.63) is 78.6 Å². The van der Waals surface area contributed by atoms with Crippen molar-refractivity contribution in [2.45, 2.75) is 148 Å². The van der Waals surface area contributed by atoms with Crippen molar-refractivity contribution in [1.82, 2.24) is 19.5 Å². The second-order valence-electron chi connectivity index (χ2n) is 20.4. The van der Waals surface area contributed by atoms with Gasteiger partial charge in [-0.2, -0.15) is 9.97 Å². The van der Waals surface area contributed by atoms with E-state index in [4.69, 9.17) is 47.5 Å². The van der Waals surface area contributed by atoms with Crippen LogP contribution in [-0.2, 0) is 42.2 Å². The summed E-state index contributed by atoms with van der Waals surface area (Å²) >= 11 is 0. The maximum atomic E-state index is 13.1. The quantitative estimate of drug-likeness (QED) is 0.0367. The Morgan fingerprint density at radius 2 is 1.48 bits per heavy atom. The molecule has 1 aliphatic heterocycles. The van der Waals surface area contributed by atoms with Gasteiger partial charge in [-0.3, -0.25) is 19.0 Å². The monoisotopic (exact) mass is 939 g/mol. The highest BCUT2D eigenvalue weighted by Crippen LogP contribution is 2.49. The standard InChI is InChI=1S/C49H65N5O10Si2/c1-15-24-58-46-41-45(54(27-50-41)37-25-35(64-66(13,14)49(8,9)10)36(63-37)26-59-65(11,12)48(5,6)7)52-47(53-46)51-40-39-34(23-22-32-21-20-31-18-16-17-19-33(31)38(32)39)42(60-28(2)55)44(62-30(4)57)43(40)61-29(3)56/h15-23,27,35-37,40,42-44H,1,24-26H2,2-14H3,(H,51,52,53)/t35-,36+,37+,40-,42-,43-,44+/m0/s1. The van der Waals surface area contributed by atoms with Gasteiger partial charge in [0.2, 0.25) is 11.8 Å². The molecule has 0 unspecified atom stereocenters. The molecule has 7 atom stereocenters. The lowest BCUT2D eigenvalue weighted by molar-refractivity contribution is -0.187. The maximum Gasteiger partial charge on any atom is 0.303 e. The summed E-state index contributed by atoms with van der Waals surface area (Å²) in [4.78, 5) is 53.5. The van der Waals surface area contributed by atoms with Gasteiger partial charge in [0.25, 0.3) is 0 Å². The number of fused-ring (bicyclic) bond motifs is 6. The van der Waals surface area contributed by atoms with Gasteiger partial charge in [-0.15, -0.1) is 0 Å². The third-order valence-electron chi connectivity index (χ3n) is 13.6. The molecule has 7 rings (SSSR count). The van der Waals surface area contributed by atoms with Crippen LogP contribution in [0, 0.1) is 0 Å². The first-order valence-corrected chi connectivity index (χ1v) is 28.4. The van der Waals surface area contributed by atoms with Crippen LogP contribution >= 0.6 is 0 Å². The van der Waals surface area contributed by atoms with Crippen molar-refractivity contribution in [2.75, 3.05) is 18.5 Å². The van der Waals surface area contributed by atoms with Crippen LogP contribution in [-0.4, -0.2) is 91.7 Å². The summed E-state index contributed by atoms with van der Waals surface area (Å²) in [7, 11) is -4.43.